The molecule has 2 nitrogen and oxygen atoms in total. The van der Waals surface area contributed by atoms with Gasteiger partial charge in [0.05, 0.1) is 0 Å². The largest absolute Gasteiger partial charge is 0.567 e. The summed E-state index contributed by atoms with van der Waals surface area (Å²) in [6, 6.07) is 0. The Hall–Kier alpha value is 0.650. The Morgan fingerprint density at radius 2 is 2.17 bits per heavy atom. The van der Waals surface area contributed by atoms with Crippen LogP contribution < -0.4 is 25.5 Å². The molecule has 0 spiro atoms. The summed E-state index contributed by atoms with van der Waals surface area (Å²) >= 11 is -1.18. The summed E-state index contributed by atoms with van der Waals surface area (Å²) in [7, 11) is 0. The van der Waals surface area contributed by atoms with Gasteiger partial charge in [0.25, 0.3) is 0 Å². The lowest BCUT2D eigenvalue weighted by Gasteiger charge is -1.88. The Morgan fingerprint density at radius 1 is 1.67 bits per heavy atom. The third-order valence-corrected chi connectivity index (χ3v) is 1.44. The standard InChI is InChI=1S/C3H7IO2/c1-3(2)6-4-5/h3H,1-2H3. The first-order chi connectivity index (χ1) is 2.77. The lowest BCUT2D eigenvalue weighted by molar-refractivity contribution is -1.27. The Balaban J connectivity index is 2.63. The predicted octanol–water partition coefficient (Wildman–Crippen LogP) is -3.31. The van der Waals surface area contributed by atoms with Gasteiger partial charge in [-0.25, -0.2) is 0 Å². The molecule has 0 radical (unpaired) electrons. The summed E-state index contributed by atoms with van der Waals surface area (Å²) in [5, 5.41) is 0. The Labute approximate surface area is 48.9 Å². The van der Waals surface area contributed by atoms with Gasteiger partial charge in [-0.2, -0.15) is 0 Å². The summed E-state index contributed by atoms with van der Waals surface area (Å²) in [5.41, 5.74) is 0. The fourth-order valence-electron chi connectivity index (χ4n) is 0.0727. The second-order valence-corrected chi connectivity index (χ2v) is 2.07. The minimum absolute atomic E-state index is 0.135. The lowest BCUT2D eigenvalue weighted by atomic mass is 10.5. The van der Waals surface area contributed by atoms with Crippen molar-refractivity contribution in [1.29, 1.82) is 0 Å². The van der Waals surface area contributed by atoms with Gasteiger partial charge in [0.2, 0.25) is 0 Å². The van der Waals surface area contributed by atoms with Crippen LogP contribution >= 0.6 is 0 Å². The quantitative estimate of drug-likeness (QED) is 0.439. The Morgan fingerprint density at radius 3 is 2.17 bits per heavy atom. The first-order valence-electron chi connectivity index (χ1n) is 1.70. The van der Waals surface area contributed by atoms with Gasteiger partial charge in [-0.3, -0.25) is 0 Å². The molecular formula is C3H7IO2. The van der Waals surface area contributed by atoms with E-state index < -0.39 is 22.0 Å². The fraction of sp³-hybridized carbons (Fsp3) is 1.00. The SMILES string of the molecule is CC(C)O[I+][O-]. The molecule has 0 saturated heterocycles. The van der Waals surface area contributed by atoms with Gasteiger partial charge in [-0.1, -0.05) is 0 Å². The van der Waals surface area contributed by atoms with Crippen LogP contribution in [0.2, 0.25) is 0 Å². The highest BCUT2D eigenvalue weighted by Gasteiger charge is 1.96. The van der Waals surface area contributed by atoms with E-state index in [1.54, 1.807) is 0 Å². The van der Waals surface area contributed by atoms with E-state index in [-0.39, 0.29) is 6.10 Å². The van der Waals surface area contributed by atoms with Crippen LogP contribution in [0.25, 0.3) is 0 Å². The first-order valence-corrected chi connectivity index (χ1v) is 3.46. The molecule has 0 heterocycles. The molecule has 38 valence electrons. The van der Waals surface area contributed by atoms with E-state index in [9.17, 15) is 3.44 Å². The minimum atomic E-state index is -1.18. The van der Waals surface area contributed by atoms with Crippen LogP contribution in [-0.2, 0) is 3.07 Å². The van der Waals surface area contributed by atoms with E-state index in [1.807, 2.05) is 13.8 Å². The van der Waals surface area contributed by atoms with Crippen molar-refractivity contribution in [2.45, 2.75) is 20.0 Å². The highest BCUT2D eigenvalue weighted by atomic mass is 127. The highest BCUT2D eigenvalue weighted by Crippen LogP contribution is 1.71. The van der Waals surface area contributed by atoms with E-state index in [0.717, 1.165) is 0 Å². The van der Waals surface area contributed by atoms with Crippen molar-refractivity contribution in [2.75, 3.05) is 0 Å². The smallest absolute Gasteiger partial charge is 0.453 e. The zero-order valence-corrected chi connectivity index (χ0v) is 5.93. The van der Waals surface area contributed by atoms with Gasteiger partial charge in [-0.15, -0.1) is 3.07 Å². The van der Waals surface area contributed by atoms with Crippen LogP contribution in [0.15, 0.2) is 0 Å². The number of rotatable bonds is 2. The summed E-state index contributed by atoms with van der Waals surface area (Å²) in [5.74, 6) is 0. The molecule has 0 aliphatic heterocycles. The van der Waals surface area contributed by atoms with Gasteiger partial charge in [0.1, 0.15) is 6.10 Å². The van der Waals surface area contributed by atoms with Crippen LogP contribution in [0.4, 0.5) is 0 Å². The van der Waals surface area contributed by atoms with Crippen LogP contribution in [0.5, 0.6) is 0 Å². The molecule has 0 aliphatic carbocycles. The summed E-state index contributed by atoms with van der Waals surface area (Å²) in [4.78, 5) is 0. The van der Waals surface area contributed by atoms with Crippen molar-refractivity contribution in [1.82, 2.24) is 0 Å². The van der Waals surface area contributed by atoms with E-state index in [1.165, 1.54) is 0 Å². The molecule has 0 N–H and O–H groups in total. The van der Waals surface area contributed by atoms with Crippen molar-refractivity contribution in [3.05, 3.63) is 0 Å². The average molecular weight is 202 g/mol. The molecule has 6 heavy (non-hydrogen) atoms. The number of halogens is 1. The average Bonchev–Trinajstić information content (AvgIpc) is 1.35. The van der Waals surface area contributed by atoms with Crippen molar-refractivity contribution in [3.63, 3.8) is 0 Å². The van der Waals surface area contributed by atoms with Gasteiger partial charge < -0.3 is 3.44 Å². The third kappa shape index (κ3) is 4.65. The van der Waals surface area contributed by atoms with E-state index in [4.69, 9.17) is 0 Å². The molecule has 0 aliphatic rings. The monoisotopic (exact) mass is 202 g/mol. The predicted molar refractivity (Wildman–Crippen MR) is 16.2 cm³/mol. The molecular weight excluding hydrogens is 195 g/mol. The van der Waals surface area contributed by atoms with E-state index in [0.29, 0.717) is 0 Å². The third-order valence-electron chi connectivity index (χ3n) is 0.215. The van der Waals surface area contributed by atoms with Crippen molar-refractivity contribution in [2.24, 2.45) is 0 Å². The highest BCUT2D eigenvalue weighted by molar-refractivity contribution is 4.23. The van der Waals surface area contributed by atoms with Crippen LogP contribution in [0, 0.1) is 0 Å². The second-order valence-electron chi connectivity index (χ2n) is 1.20. The van der Waals surface area contributed by atoms with E-state index in [2.05, 4.69) is 3.07 Å². The number of hydrogen-bond donors (Lipinski definition) is 0. The molecule has 0 atom stereocenters. The molecule has 3 heteroatoms. The van der Waals surface area contributed by atoms with Gasteiger partial charge in [0, 0.05) is 0 Å². The van der Waals surface area contributed by atoms with E-state index >= 15 is 0 Å². The first kappa shape index (κ1) is 6.65. The fourth-order valence-corrected chi connectivity index (χ4v) is 0.488. The molecule has 0 amide bonds. The maximum absolute atomic E-state index is 9.63. The van der Waals surface area contributed by atoms with Crippen molar-refractivity contribution < 1.29 is 28.5 Å². The maximum Gasteiger partial charge on any atom is 0.453 e. The van der Waals surface area contributed by atoms with Gasteiger partial charge in [-0.05, 0) is 13.8 Å². The maximum atomic E-state index is 9.63. The van der Waals surface area contributed by atoms with Gasteiger partial charge in [0.15, 0.2) is 0 Å². The summed E-state index contributed by atoms with van der Waals surface area (Å²) < 4.78 is 14.2. The summed E-state index contributed by atoms with van der Waals surface area (Å²) in [6.45, 7) is 3.72. The lowest BCUT2D eigenvalue weighted by Crippen LogP contribution is -3.70. The molecule has 0 rings (SSSR count). The zero-order valence-electron chi connectivity index (χ0n) is 3.77. The normalized spacial score (nSPS) is 10.0. The molecule has 0 aromatic rings. The molecule has 0 unspecified atom stereocenters. The molecule has 0 saturated carbocycles. The zero-order chi connectivity index (χ0) is 4.99. The number of hydrogen-bond acceptors (Lipinski definition) is 2. The van der Waals surface area contributed by atoms with Crippen molar-refractivity contribution in [3.8, 4) is 0 Å². The molecule has 0 bridgehead atoms. The van der Waals surface area contributed by atoms with Gasteiger partial charge >= 0.3 is 22.0 Å². The van der Waals surface area contributed by atoms with Crippen LogP contribution in [0.1, 0.15) is 13.8 Å². The molecule has 0 aromatic heterocycles. The Bertz CT molecular complexity index is 30.0. The Kier molecular flexibility index (Phi) is 4.24. The van der Waals surface area contributed by atoms with Crippen LogP contribution in [-0.4, -0.2) is 6.10 Å². The second kappa shape index (κ2) is 3.83. The molecule has 0 aromatic carbocycles. The van der Waals surface area contributed by atoms with Crippen LogP contribution in [0.3, 0.4) is 0 Å². The molecule has 0 fully saturated rings. The summed E-state index contributed by atoms with van der Waals surface area (Å²) in [6.07, 6.45) is 0.135. The topological polar surface area (TPSA) is 32.3 Å². The van der Waals surface area contributed by atoms with Crippen molar-refractivity contribution >= 4 is 0 Å². The minimum Gasteiger partial charge on any atom is -0.567 e.